The van der Waals surface area contributed by atoms with Gasteiger partial charge in [-0.15, -0.1) is 0 Å². The largest absolute Gasteiger partial charge is 0.464 e. The van der Waals surface area contributed by atoms with Crippen molar-refractivity contribution in [3.63, 3.8) is 0 Å². The molecule has 0 saturated carbocycles. The molecule has 1 rings (SSSR count). The Kier molecular flexibility index (Phi) is 5.02. The Morgan fingerprint density at radius 3 is 2.47 bits per heavy atom. The predicted octanol–water partition coefficient (Wildman–Crippen LogP) is 0.429. The van der Waals surface area contributed by atoms with Crippen LogP contribution >= 0.6 is 0 Å². The van der Waals surface area contributed by atoms with Crippen LogP contribution in [0, 0.1) is 0 Å². The standard InChI is InChI=1S/C13H17NO5/c1-3-19-13(18)12(17)11(16)9-5-4-8(7(2)15)6-10(9)14/h4-6,11-12,16-17H,3,14H2,1-2H3. The van der Waals surface area contributed by atoms with Gasteiger partial charge in [-0.1, -0.05) is 12.1 Å². The molecule has 104 valence electrons. The number of carbonyl (C=O) groups is 2. The number of aliphatic hydroxyl groups excluding tert-OH is 2. The molecule has 0 spiro atoms. The highest BCUT2D eigenvalue weighted by Gasteiger charge is 2.28. The number of aliphatic hydroxyl groups is 2. The third-order valence-electron chi connectivity index (χ3n) is 2.64. The summed E-state index contributed by atoms with van der Waals surface area (Å²) in [6.07, 6.45) is -3.22. The highest BCUT2D eigenvalue weighted by molar-refractivity contribution is 5.95. The van der Waals surface area contributed by atoms with Gasteiger partial charge < -0.3 is 20.7 Å². The summed E-state index contributed by atoms with van der Waals surface area (Å²) in [4.78, 5) is 22.5. The van der Waals surface area contributed by atoms with Crippen LogP contribution in [0.2, 0.25) is 0 Å². The first-order valence-electron chi connectivity index (χ1n) is 5.81. The van der Waals surface area contributed by atoms with Gasteiger partial charge in [-0.2, -0.15) is 0 Å². The molecule has 4 N–H and O–H groups in total. The second-order valence-electron chi connectivity index (χ2n) is 4.04. The molecular weight excluding hydrogens is 250 g/mol. The molecule has 0 saturated heterocycles. The van der Waals surface area contributed by atoms with Crippen molar-refractivity contribution in [2.24, 2.45) is 0 Å². The molecule has 0 aromatic heterocycles. The summed E-state index contributed by atoms with van der Waals surface area (Å²) >= 11 is 0. The summed E-state index contributed by atoms with van der Waals surface area (Å²) < 4.78 is 4.60. The van der Waals surface area contributed by atoms with E-state index in [2.05, 4.69) is 4.74 Å². The van der Waals surface area contributed by atoms with E-state index in [4.69, 9.17) is 5.73 Å². The lowest BCUT2D eigenvalue weighted by Gasteiger charge is -2.18. The molecular formula is C13H17NO5. The molecule has 2 unspecified atom stereocenters. The zero-order valence-electron chi connectivity index (χ0n) is 10.8. The van der Waals surface area contributed by atoms with E-state index in [9.17, 15) is 19.8 Å². The van der Waals surface area contributed by atoms with Gasteiger partial charge in [-0.3, -0.25) is 4.79 Å². The maximum absolute atomic E-state index is 11.3. The van der Waals surface area contributed by atoms with E-state index in [0.717, 1.165) is 0 Å². The van der Waals surface area contributed by atoms with Gasteiger partial charge in [0.05, 0.1) is 6.61 Å². The monoisotopic (exact) mass is 267 g/mol. The van der Waals surface area contributed by atoms with Crippen LogP contribution < -0.4 is 5.73 Å². The van der Waals surface area contributed by atoms with E-state index in [0.29, 0.717) is 5.56 Å². The van der Waals surface area contributed by atoms with E-state index in [1.165, 1.54) is 25.1 Å². The normalized spacial score (nSPS) is 13.7. The minimum absolute atomic E-state index is 0.0986. The number of nitrogen functional groups attached to an aromatic ring is 1. The molecule has 19 heavy (non-hydrogen) atoms. The Hall–Kier alpha value is -1.92. The first-order valence-corrected chi connectivity index (χ1v) is 5.81. The molecule has 0 aliphatic rings. The lowest BCUT2D eigenvalue weighted by Crippen LogP contribution is -2.30. The van der Waals surface area contributed by atoms with Crippen molar-refractivity contribution in [3.8, 4) is 0 Å². The van der Waals surface area contributed by atoms with Gasteiger partial charge in [-0.25, -0.2) is 4.79 Å². The van der Waals surface area contributed by atoms with Crippen LogP contribution in [0.15, 0.2) is 18.2 Å². The molecule has 6 heteroatoms. The van der Waals surface area contributed by atoms with Crippen LogP contribution in [0.1, 0.15) is 35.9 Å². The maximum atomic E-state index is 11.3. The van der Waals surface area contributed by atoms with Crippen LogP contribution in [0.4, 0.5) is 5.69 Å². The van der Waals surface area contributed by atoms with E-state index in [1.807, 2.05) is 0 Å². The Balaban J connectivity index is 2.96. The van der Waals surface area contributed by atoms with Crippen LogP contribution in [0.25, 0.3) is 0 Å². The number of carbonyl (C=O) groups excluding carboxylic acids is 2. The summed E-state index contributed by atoms with van der Waals surface area (Å²) in [6, 6.07) is 4.26. The molecule has 0 amide bonds. The quantitative estimate of drug-likeness (QED) is 0.405. The van der Waals surface area contributed by atoms with Gasteiger partial charge in [0, 0.05) is 16.8 Å². The molecule has 0 aliphatic carbocycles. The van der Waals surface area contributed by atoms with Crippen LogP contribution in [-0.4, -0.2) is 34.7 Å². The summed E-state index contributed by atoms with van der Waals surface area (Å²) in [6.45, 7) is 3.08. The lowest BCUT2D eigenvalue weighted by molar-refractivity contribution is -0.159. The Bertz CT molecular complexity index is 486. The predicted molar refractivity (Wildman–Crippen MR) is 68.5 cm³/mol. The van der Waals surface area contributed by atoms with Crippen molar-refractivity contribution in [2.45, 2.75) is 26.1 Å². The number of Topliss-reactive ketones (excluding diaryl/α,β-unsaturated/α-hetero) is 1. The molecule has 0 fully saturated rings. The zero-order chi connectivity index (χ0) is 14.6. The third-order valence-corrected chi connectivity index (χ3v) is 2.64. The fraction of sp³-hybridized carbons (Fsp3) is 0.385. The molecule has 2 atom stereocenters. The smallest absolute Gasteiger partial charge is 0.338 e. The van der Waals surface area contributed by atoms with Crippen molar-refractivity contribution in [1.82, 2.24) is 0 Å². The van der Waals surface area contributed by atoms with Crippen LogP contribution in [-0.2, 0) is 9.53 Å². The second kappa shape index (κ2) is 6.31. The van der Waals surface area contributed by atoms with Crippen molar-refractivity contribution in [3.05, 3.63) is 29.3 Å². The summed E-state index contributed by atoms with van der Waals surface area (Å²) in [5, 5.41) is 19.5. The highest BCUT2D eigenvalue weighted by atomic mass is 16.5. The van der Waals surface area contributed by atoms with Crippen molar-refractivity contribution >= 4 is 17.4 Å². The van der Waals surface area contributed by atoms with Crippen LogP contribution in [0.3, 0.4) is 0 Å². The number of hydrogen-bond acceptors (Lipinski definition) is 6. The van der Waals surface area contributed by atoms with Gasteiger partial charge in [0.15, 0.2) is 11.9 Å². The van der Waals surface area contributed by atoms with Crippen molar-refractivity contribution in [2.75, 3.05) is 12.3 Å². The summed E-state index contributed by atoms with van der Waals surface area (Å²) in [5.74, 6) is -1.09. The van der Waals surface area contributed by atoms with Crippen LogP contribution in [0.5, 0.6) is 0 Å². The SMILES string of the molecule is CCOC(=O)C(O)C(O)c1ccc(C(C)=O)cc1N. The van der Waals surface area contributed by atoms with E-state index < -0.39 is 18.2 Å². The van der Waals surface area contributed by atoms with Crippen molar-refractivity contribution < 1.29 is 24.5 Å². The van der Waals surface area contributed by atoms with E-state index >= 15 is 0 Å². The fourth-order valence-corrected chi connectivity index (χ4v) is 1.59. The van der Waals surface area contributed by atoms with E-state index in [-0.39, 0.29) is 23.6 Å². The summed E-state index contributed by atoms with van der Waals surface area (Å²) in [5.41, 5.74) is 6.38. The van der Waals surface area contributed by atoms with Crippen molar-refractivity contribution in [1.29, 1.82) is 0 Å². The minimum Gasteiger partial charge on any atom is -0.464 e. The average Bonchev–Trinajstić information content (AvgIpc) is 2.37. The number of ether oxygens (including phenoxy) is 1. The fourth-order valence-electron chi connectivity index (χ4n) is 1.59. The first-order chi connectivity index (χ1) is 8.88. The number of ketones is 1. The van der Waals surface area contributed by atoms with Gasteiger partial charge in [0.1, 0.15) is 6.10 Å². The number of hydrogen-bond donors (Lipinski definition) is 3. The van der Waals surface area contributed by atoms with Gasteiger partial charge in [0.25, 0.3) is 0 Å². The number of esters is 1. The number of nitrogens with two attached hydrogens (primary N) is 1. The molecule has 1 aromatic rings. The zero-order valence-corrected chi connectivity index (χ0v) is 10.8. The molecule has 0 heterocycles. The molecule has 6 nitrogen and oxygen atoms in total. The molecule has 0 radical (unpaired) electrons. The lowest BCUT2D eigenvalue weighted by atomic mass is 9.99. The topological polar surface area (TPSA) is 110 Å². The minimum atomic E-state index is -1.72. The number of benzene rings is 1. The number of anilines is 1. The number of rotatable bonds is 5. The maximum Gasteiger partial charge on any atom is 0.338 e. The van der Waals surface area contributed by atoms with Gasteiger partial charge in [-0.05, 0) is 19.9 Å². The Labute approximate surface area is 110 Å². The molecule has 0 aliphatic heterocycles. The highest BCUT2D eigenvalue weighted by Crippen LogP contribution is 2.25. The Morgan fingerprint density at radius 2 is 2.00 bits per heavy atom. The Morgan fingerprint density at radius 1 is 1.37 bits per heavy atom. The van der Waals surface area contributed by atoms with Gasteiger partial charge in [0.2, 0.25) is 0 Å². The molecule has 1 aromatic carbocycles. The first kappa shape index (κ1) is 15.1. The molecule has 0 bridgehead atoms. The van der Waals surface area contributed by atoms with E-state index in [1.54, 1.807) is 6.92 Å². The third kappa shape index (κ3) is 3.52. The van der Waals surface area contributed by atoms with Gasteiger partial charge >= 0.3 is 5.97 Å². The average molecular weight is 267 g/mol. The second-order valence-corrected chi connectivity index (χ2v) is 4.04. The summed E-state index contributed by atoms with van der Waals surface area (Å²) in [7, 11) is 0.